The first kappa shape index (κ1) is 36.9. The molecule has 0 atom stereocenters. The second kappa shape index (κ2) is 14.6. The first-order valence-electron chi connectivity index (χ1n) is 21.8. The predicted octanol–water partition coefficient (Wildman–Crippen LogP) is 17.2. The molecule has 12 rings (SSSR count). The maximum Gasteiger partial charge on any atom is 0.136 e. The predicted molar refractivity (Wildman–Crippen MR) is 265 cm³/mol. The number of furan rings is 1. The van der Waals surface area contributed by atoms with Crippen LogP contribution in [0.2, 0.25) is 0 Å². The Labute approximate surface area is 368 Å². The molecule has 11 aromatic rings. The third-order valence-corrected chi connectivity index (χ3v) is 13.3. The van der Waals surface area contributed by atoms with Crippen LogP contribution in [0.5, 0.6) is 0 Å². The van der Waals surface area contributed by atoms with E-state index in [0.717, 1.165) is 50.1 Å². The van der Waals surface area contributed by atoms with Gasteiger partial charge in [0.2, 0.25) is 0 Å². The van der Waals surface area contributed by atoms with Gasteiger partial charge in [-0.1, -0.05) is 196 Å². The molecule has 0 unspecified atom stereocenters. The molecule has 0 N–H and O–H groups in total. The van der Waals surface area contributed by atoms with Gasteiger partial charge in [0.05, 0.1) is 5.69 Å². The van der Waals surface area contributed by atoms with Crippen molar-refractivity contribution in [3.05, 3.63) is 236 Å². The summed E-state index contributed by atoms with van der Waals surface area (Å²) >= 11 is 0. The molecule has 10 aromatic carbocycles. The summed E-state index contributed by atoms with van der Waals surface area (Å²) in [7, 11) is 0. The van der Waals surface area contributed by atoms with Crippen LogP contribution in [-0.4, -0.2) is 0 Å². The minimum atomic E-state index is -0.109. The molecule has 1 aromatic heterocycles. The largest absolute Gasteiger partial charge is 0.456 e. The highest BCUT2D eigenvalue weighted by atomic mass is 16.3. The third kappa shape index (κ3) is 6.02. The highest BCUT2D eigenvalue weighted by molar-refractivity contribution is 6.14. The monoisotopic (exact) mass is 805 g/mol. The molecule has 0 saturated heterocycles. The molecule has 1 aliphatic carbocycles. The zero-order valence-corrected chi connectivity index (χ0v) is 35.2. The van der Waals surface area contributed by atoms with E-state index in [1.807, 2.05) is 6.07 Å². The normalized spacial score (nSPS) is 12.7. The van der Waals surface area contributed by atoms with E-state index in [1.54, 1.807) is 0 Å². The number of benzene rings is 10. The lowest BCUT2D eigenvalue weighted by molar-refractivity contribution is 0.662. The molecule has 1 heterocycles. The molecule has 0 spiro atoms. The van der Waals surface area contributed by atoms with Crippen LogP contribution in [0.15, 0.2) is 229 Å². The van der Waals surface area contributed by atoms with Crippen LogP contribution < -0.4 is 4.90 Å². The smallest absolute Gasteiger partial charge is 0.136 e. The maximum atomic E-state index is 6.40. The van der Waals surface area contributed by atoms with Crippen LogP contribution >= 0.6 is 0 Å². The average molecular weight is 806 g/mol. The lowest BCUT2D eigenvalue weighted by Crippen LogP contribution is -2.16. The Morgan fingerprint density at radius 2 is 0.841 bits per heavy atom. The number of hydrogen-bond donors (Lipinski definition) is 0. The van der Waals surface area contributed by atoms with Crippen molar-refractivity contribution >= 4 is 49.8 Å². The fraction of sp³-hybridized carbons (Fsp3) is 0.0492. The van der Waals surface area contributed by atoms with Crippen molar-refractivity contribution in [2.75, 3.05) is 4.90 Å². The second-order valence-electron chi connectivity index (χ2n) is 17.2. The average Bonchev–Trinajstić information content (AvgIpc) is 3.84. The molecular formula is C61H43NO. The second-order valence-corrected chi connectivity index (χ2v) is 17.2. The summed E-state index contributed by atoms with van der Waals surface area (Å²) in [5.41, 5.74) is 19.9. The first-order chi connectivity index (χ1) is 31.0. The van der Waals surface area contributed by atoms with Gasteiger partial charge in [-0.2, -0.15) is 0 Å². The summed E-state index contributed by atoms with van der Waals surface area (Å²) in [5.74, 6) is 0. The lowest BCUT2D eigenvalue weighted by Gasteiger charge is -2.29. The number of nitrogens with zero attached hydrogens (tertiary/aromatic N) is 1. The van der Waals surface area contributed by atoms with E-state index in [-0.39, 0.29) is 5.41 Å². The number of rotatable bonds is 7. The molecule has 2 heteroatoms. The summed E-state index contributed by atoms with van der Waals surface area (Å²) in [6.07, 6.45) is 0. The van der Waals surface area contributed by atoms with Gasteiger partial charge >= 0.3 is 0 Å². The van der Waals surface area contributed by atoms with Crippen molar-refractivity contribution < 1.29 is 4.42 Å². The van der Waals surface area contributed by atoms with Crippen molar-refractivity contribution in [2.24, 2.45) is 0 Å². The molecule has 2 nitrogen and oxygen atoms in total. The van der Waals surface area contributed by atoms with E-state index in [2.05, 4.69) is 237 Å². The van der Waals surface area contributed by atoms with Gasteiger partial charge in [-0.25, -0.2) is 0 Å². The molecule has 0 saturated carbocycles. The van der Waals surface area contributed by atoms with E-state index >= 15 is 0 Å². The van der Waals surface area contributed by atoms with E-state index in [0.29, 0.717) is 0 Å². The highest BCUT2D eigenvalue weighted by Gasteiger charge is 2.37. The zero-order chi connectivity index (χ0) is 42.1. The molecule has 0 bridgehead atoms. The Balaban J connectivity index is 0.969. The van der Waals surface area contributed by atoms with Crippen molar-refractivity contribution in [1.82, 2.24) is 0 Å². The molecule has 0 fully saturated rings. The fourth-order valence-electron chi connectivity index (χ4n) is 10.3. The van der Waals surface area contributed by atoms with Crippen molar-refractivity contribution in [3.8, 4) is 55.6 Å². The van der Waals surface area contributed by atoms with E-state index in [9.17, 15) is 0 Å². The zero-order valence-electron chi connectivity index (χ0n) is 35.2. The highest BCUT2D eigenvalue weighted by Crippen LogP contribution is 2.52. The maximum absolute atomic E-state index is 6.40. The molecule has 63 heavy (non-hydrogen) atoms. The Morgan fingerprint density at radius 3 is 1.63 bits per heavy atom. The number of anilines is 3. The summed E-state index contributed by atoms with van der Waals surface area (Å²) < 4.78 is 6.40. The van der Waals surface area contributed by atoms with Crippen LogP contribution in [-0.2, 0) is 5.41 Å². The van der Waals surface area contributed by atoms with Crippen LogP contribution in [0.4, 0.5) is 17.1 Å². The Morgan fingerprint density at radius 1 is 0.349 bits per heavy atom. The third-order valence-electron chi connectivity index (χ3n) is 13.3. The summed E-state index contributed by atoms with van der Waals surface area (Å²) in [5, 5.41) is 4.76. The Kier molecular flexibility index (Phi) is 8.55. The molecule has 0 radical (unpaired) electrons. The van der Waals surface area contributed by atoms with Gasteiger partial charge in [0, 0.05) is 33.1 Å². The van der Waals surface area contributed by atoms with E-state index in [4.69, 9.17) is 4.42 Å². The lowest BCUT2D eigenvalue weighted by atomic mass is 9.79. The van der Waals surface area contributed by atoms with Gasteiger partial charge in [0.1, 0.15) is 11.2 Å². The van der Waals surface area contributed by atoms with E-state index in [1.165, 1.54) is 66.4 Å². The van der Waals surface area contributed by atoms with Crippen molar-refractivity contribution in [2.45, 2.75) is 19.3 Å². The SMILES string of the molecule is CC1(C)c2ccccc2-c2cccc(-c3ccc(N(c4ccc(-c5ccc(-c6cccc7ccccc67)cc5)cc4)c4ccccc4-c4cccc5oc6ccccc6c45)cc3)c21. The van der Waals surface area contributed by atoms with Gasteiger partial charge in [-0.3, -0.25) is 0 Å². The summed E-state index contributed by atoms with van der Waals surface area (Å²) in [6.45, 7) is 4.72. The van der Waals surface area contributed by atoms with Gasteiger partial charge in [-0.15, -0.1) is 0 Å². The van der Waals surface area contributed by atoms with Crippen LogP contribution in [0.25, 0.3) is 88.3 Å². The van der Waals surface area contributed by atoms with Gasteiger partial charge in [0.15, 0.2) is 0 Å². The number of fused-ring (bicyclic) bond motifs is 7. The quantitative estimate of drug-likeness (QED) is 0.160. The number of hydrogen-bond acceptors (Lipinski definition) is 2. The minimum absolute atomic E-state index is 0.109. The molecule has 1 aliphatic rings. The topological polar surface area (TPSA) is 16.4 Å². The molecule has 0 amide bonds. The molecule has 298 valence electrons. The summed E-state index contributed by atoms with van der Waals surface area (Å²) in [6, 6.07) is 81.5. The van der Waals surface area contributed by atoms with Crippen molar-refractivity contribution in [1.29, 1.82) is 0 Å². The van der Waals surface area contributed by atoms with Gasteiger partial charge in [0.25, 0.3) is 0 Å². The molecular weight excluding hydrogens is 763 g/mol. The van der Waals surface area contributed by atoms with Gasteiger partial charge < -0.3 is 9.32 Å². The minimum Gasteiger partial charge on any atom is -0.456 e. The standard InChI is InChI=1S/C61H43NO/c1-61(2)55-24-8-5-17-50(55)53-23-12-21-49(60(53)61)44-34-38-46(39-35-44)62(56-25-9-6-18-51(56)52-22-13-27-58-59(52)54-19-7-10-26-57(54)63-58)45-36-32-41(33-37-45)40-28-30-43(31-29-40)48-20-11-15-42-14-3-4-16-47(42)48/h3-39H,1-2H3. The Hall–Kier alpha value is -7.94. The first-order valence-corrected chi connectivity index (χ1v) is 21.8. The Bertz CT molecular complexity index is 3510. The molecule has 0 aliphatic heterocycles. The van der Waals surface area contributed by atoms with E-state index < -0.39 is 0 Å². The fourth-order valence-corrected chi connectivity index (χ4v) is 10.3. The van der Waals surface area contributed by atoms with Crippen molar-refractivity contribution in [3.63, 3.8) is 0 Å². The van der Waals surface area contributed by atoms with Crippen LogP contribution in [0.1, 0.15) is 25.0 Å². The van der Waals surface area contributed by atoms with Crippen LogP contribution in [0, 0.1) is 0 Å². The van der Waals surface area contributed by atoms with Crippen LogP contribution in [0.3, 0.4) is 0 Å². The summed E-state index contributed by atoms with van der Waals surface area (Å²) in [4.78, 5) is 2.41. The number of para-hydroxylation sites is 2. The van der Waals surface area contributed by atoms with Gasteiger partial charge in [-0.05, 0) is 114 Å².